The maximum Gasteiger partial charge on any atom is 0.308 e. The van der Waals surface area contributed by atoms with Crippen LogP contribution < -0.4 is 10.1 Å². The summed E-state index contributed by atoms with van der Waals surface area (Å²) in [6.07, 6.45) is 0.0688. The van der Waals surface area contributed by atoms with Gasteiger partial charge >= 0.3 is 5.97 Å². The maximum atomic E-state index is 12.6. The summed E-state index contributed by atoms with van der Waals surface area (Å²) in [5.74, 6) is 0.170. The SMILES string of the molecule is CCOC(=O)C[C@@H](NC(=O)c1cccc(C)c1)c1ccc(OCC)cc1. The Morgan fingerprint density at radius 1 is 1.04 bits per heavy atom. The van der Waals surface area contributed by atoms with Crippen LogP contribution in [0.2, 0.25) is 0 Å². The van der Waals surface area contributed by atoms with Crippen molar-refractivity contribution in [3.8, 4) is 5.75 Å². The fourth-order valence-corrected chi connectivity index (χ4v) is 2.63. The predicted octanol–water partition coefficient (Wildman–Crippen LogP) is 3.82. The van der Waals surface area contributed by atoms with Crippen LogP contribution in [0.25, 0.3) is 0 Å². The van der Waals surface area contributed by atoms with Gasteiger partial charge < -0.3 is 14.8 Å². The van der Waals surface area contributed by atoms with Gasteiger partial charge in [-0.05, 0) is 50.6 Å². The smallest absolute Gasteiger partial charge is 0.308 e. The molecule has 0 unspecified atom stereocenters. The van der Waals surface area contributed by atoms with Crippen LogP contribution in [0.1, 0.15) is 47.8 Å². The molecule has 0 aliphatic rings. The van der Waals surface area contributed by atoms with E-state index in [1.807, 2.05) is 56.3 Å². The summed E-state index contributed by atoms with van der Waals surface area (Å²) in [5.41, 5.74) is 2.38. The Labute approximate surface area is 154 Å². The van der Waals surface area contributed by atoms with E-state index in [2.05, 4.69) is 5.32 Å². The number of nitrogens with one attached hydrogen (secondary N) is 1. The lowest BCUT2D eigenvalue weighted by Crippen LogP contribution is -2.30. The molecule has 0 fully saturated rings. The van der Waals surface area contributed by atoms with Gasteiger partial charge in [0.15, 0.2) is 0 Å². The lowest BCUT2D eigenvalue weighted by atomic mass is 10.0. The second-order valence-corrected chi connectivity index (χ2v) is 5.91. The summed E-state index contributed by atoms with van der Waals surface area (Å²) in [5, 5.41) is 2.94. The largest absolute Gasteiger partial charge is 0.494 e. The molecule has 1 amide bonds. The first-order valence-electron chi connectivity index (χ1n) is 8.79. The summed E-state index contributed by atoms with van der Waals surface area (Å²) < 4.78 is 10.5. The molecule has 0 aliphatic carbocycles. The van der Waals surface area contributed by atoms with Gasteiger partial charge in [0.2, 0.25) is 0 Å². The summed E-state index contributed by atoms with van der Waals surface area (Å²) in [6.45, 7) is 6.49. The molecule has 26 heavy (non-hydrogen) atoms. The molecule has 0 saturated heterocycles. The van der Waals surface area contributed by atoms with Crippen LogP contribution in [-0.2, 0) is 9.53 Å². The molecule has 0 saturated carbocycles. The van der Waals surface area contributed by atoms with Gasteiger partial charge in [-0.3, -0.25) is 9.59 Å². The fourth-order valence-electron chi connectivity index (χ4n) is 2.63. The second-order valence-electron chi connectivity index (χ2n) is 5.91. The third-order valence-electron chi connectivity index (χ3n) is 3.86. The van der Waals surface area contributed by atoms with Crippen LogP contribution in [0.15, 0.2) is 48.5 Å². The van der Waals surface area contributed by atoms with E-state index in [-0.39, 0.29) is 18.3 Å². The summed E-state index contributed by atoms with van der Waals surface area (Å²) in [6, 6.07) is 14.2. The van der Waals surface area contributed by atoms with Gasteiger partial charge in [0.05, 0.1) is 25.7 Å². The molecular weight excluding hydrogens is 330 g/mol. The van der Waals surface area contributed by atoms with Crippen LogP contribution >= 0.6 is 0 Å². The van der Waals surface area contributed by atoms with Gasteiger partial charge in [-0.15, -0.1) is 0 Å². The van der Waals surface area contributed by atoms with E-state index >= 15 is 0 Å². The molecule has 5 heteroatoms. The summed E-state index contributed by atoms with van der Waals surface area (Å²) in [4.78, 5) is 24.6. The Morgan fingerprint density at radius 2 is 1.77 bits per heavy atom. The van der Waals surface area contributed by atoms with Crippen LogP contribution in [0, 0.1) is 6.92 Å². The van der Waals surface area contributed by atoms with Crippen molar-refractivity contribution in [3.63, 3.8) is 0 Å². The zero-order valence-electron chi connectivity index (χ0n) is 15.5. The molecule has 2 aromatic rings. The monoisotopic (exact) mass is 355 g/mol. The molecular formula is C21H25NO4. The zero-order chi connectivity index (χ0) is 18.9. The number of benzene rings is 2. The molecule has 138 valence electrons. The molecule has 2 rings (SSSR count). The number of rotatable bonds is 8. The number of amides is 1. The van der Waals surface area contributed by atoms with Gasteiger partial charge in [0.1, 0.15) is 5.75 Å². The number of esters is 1. The minimum Gasteiger partial charge on any atom is -0.494 e. The molecule has 0 aromatic heterocycles. The van der Waals surface area contributed by atoms with Crippen molar-refractivity contribution in [1.82, 2.24) is 5.32 Å². The molecule has 0 bridgehead atoms. The highest BCUT2D eigenvalue weighted by molar-refractivity contribution is 5.94. The van der Waals surface area contributed by atoms with Crippen molar-refractivity contribution in [1.29, 1.82) is 0 Å². The number of carbonyl (C=O) groups is 2. The lowest BCUT2D eigenvalue weighted by Gasteiger charge is -2.19. The van der Waals surface area contributed by atoms with Crippen molar-refractivity contribution in [2.75, 3.05) is 13.2 Å². The first-order chi connectivity index (χ1) is 12.5. The highest BCUT2D eigenvalue weighted by Gasteiger charge is 2.20. The van der Waals surface area contributed by atoms with Crippen molar-refractivity contribution < 1.29 is 19.1 Å². The van der Waals surface area contributed by atoms with Crippen molar-refractivity contribution >= 4 is 11.9 Å². The number of carbonyl (C=O) groups excluding carboxylic acids is 2. The van der Waals surface area contributed by atoms with Crippen molar-refractivity contribution in [2.24, 2.45) is 0 Å². The quantitative estimate of drug-likeness (QED) is 0.731. The maximum absolute atomic E-state index is 12.6. The predicted molar refractivity (Wildman–Crippen MR) is 100 cm³/mol. The van der Waals surface area contributed by atoms with E-state index in [4.69, 9.17) is 9.47 Å². The summed E-state index contributed by atoms with van der Waals surface area (Å²) >= 11 is 0. The Kier molecular flexibility index (Phi) is 7.21. The minimum absolute atomic E-state index is 0.0688. The number of hydrogen-bond donors (Lipinski definition) is 1. The molecule has 1 N–H and O–H groups in total. The normalized spacial score (nSPS) is 11.5. The highest BCUT2D eigenvalue weighted by atomic mass is 16.5. The van der Waals surface area contributed by atoms with E-state index in [9.17, 15) is 9.59 Å². The second kappa shape index (κ2) is 9.61. The van der Waals surface area contributed by atoms with Gasteiger partial charge in [0.25, 0.3) is 5.91 Å². The van der Waals surface area contributed by atoms with Crippen LogP contribution in [0.4, 0.5) is 0 Å². The van der Waals surface area contributed by atoms with Gasteiger partial charge in [-0.1, -0.05) is 29.8 Å². The molecule has 1 atom stereocenters. The Bertz CT molecular complexity index is 740. The molecule has 0 aliphatic heterocycles. The van der Waals surface area contributed by atoms with Crippen LogP contribution in [0.5, 0.6) is 5.75 Å². The van der Waals surface area contributed by atoms with Gasteiger partial charge in [-0.2, -0.15) is 0 Å². The average molecular weight is 355 g/mol. The highest BCUT2D eigenvalue weighted by Crippen LogP contribution is 2.22. The van der Waals surface area contributed by atoms with Crippen molar-refractivity contribution in [3.05, 3.63) is 65.2 Å². The number of hydrogen-bond acceptors (Lipinski definition) is 4. The van der Waals surface area contributed by atoms with E-state index in [1.54, 1.807) is 13.0 Å². The first kappa shape index (κ1) is 19.5. The molecule has 0 heterocycles. The minimum atomic E-state index is -0.474. The summed E-state index contributed by atoms with van der Waals surface area (Å²) in [7, 11) is 0. The lowest BCUT2D eigenvalue weighted by molar-refractivity contribution is -0.143. The first-order valence-corrected chi connectivity index (χ1v) is 8.79. The third kappa shape index (κ3) is 5.62. The Morgan fingerprint density at radius 3 is 2.38 bits per heavy atom. The van der Waals surface area contributed by atoms with Crippen LogP contribution in [-0.4, -0.2) is 25.1 Å². The topological polar surface area (TPSA) is 64.6 Å². The average Bonchev–Trinajstić information content (AvgIpc) is 2.62. The fraction of sp³-hybridized carbons (Fsp3) is 0.333. The molecule has 0 radical (unpaired) electrons. The number of aryl methyl sites for hydroxylation is 1. The Hall–Kier alpha value is -2.82. The molecule has 5 nitrogen and oxygen atoms in total. The number of ether oxygens (including phenoxy) is 2. The van der Waals surface area contributed by atoms with E-state index in [0.717, 1.165) is 16.9 Å². The Balaban J connectivity index is 2.19. The van der Waals surface area contributed by atoms with Crippen LogP contribution in [0.3, 0.4) is 0 Å². The molecule has 0 spiro atoms. The van der Waals surface area contributed by atoms with E-state index < -0.39 is 6.04 Å². The van der Waals surface area contributed by atoms with Gasteiger partial charge in [0, 0.05) is 5.56 Å². The standard InChI is InChI=1S/C21H25NO4/c1-4-25-18-11-9-16(10-12-18)19(14-20(23)26-5-2)22-21(24)17-8-6-7-15(3)13-17/h6-13,19H,4-5,14H2,1-3H3,(H,22,24)/t19-/m1/s1. The van der Waals surface area contributed by atoms with E-state index in [1.165, 1.54) is 0 Å². The third-order valence-corrected chi connectivity index (χ3v) is 3.86. The zero-order valence-corrected chi connectivity index (χ0v) is 15.5. The van der Waals surface area contributed by atoms with Gasteiger partial charge in [-0.25, -0.2) is 0 Å². The molecule has 2 aromatic carbocycles. The van der Waals surface area contributed by atoms with E-state index in [0.29, 0.717) is 18.8 Å². The van der Waals surface area contributed by atoms with Crippen molar-refractivity contribution in [2.45, 2.75) is 33.2 Å².